The number of benzene rings is 1. The molecule has 1 aromatic carbocycles. The summed E-state index contributed by atoms with van der Waals surface area (Å²) in [4.78, 5) is 38.9. The molecule has 0 radical (unpaired) electrons. The van der Waals surface area contributed by atoms with Gasteiger partial charge in [0.15, 0.2) is 0 Å². The lowest BCUT2D eigenvalue weighted by atomic mass is 9.87. The van der Waals surface area contributed by atoms with Crippen molar-refractivity contribution >= 4 is 17.8 Å². The summed E-state index contributed by atoms with van der Waals surface area (Å²) in [5.74, 6) is 0.336. The fraction of sp³-hybridized carbons (Fsp3) is 0.400. The number of hydrogen-bond acceptors (Lipinski definition) is 11. The molecule has 1 saturated carbocycles. The number of carbonyl (C=O) groups is 2. The number of aryl methyl sites for hydroxylation is 2. The second kappa shape index (κ2) is 11.7. The minimum Gasteiger partial charge on any atom is -0.489 e. The van der Waals surface area contributed by atoms with Gasteiger partial charge in [0.1, 0.15) is 29.5 Å². The summed E-state index contributed by atoms with van der Waals surface area (Å²) in [5, 5.41) is 18.9. The average Bonchev–Trinajstić information content (AvgIpc) is 3.28. The van der Waals surface area contributed by atoms with Crippen LogP contribution >= 0.6 is 0 Å². The number of nitro groups is 1. The third-order valence-electron chi connectivity index (χ3n) is 6.25. The van der Waals surface area contributed by atoms with E-state index >= 15 is 0 Å². The van der Waals surface area contributed by atoms with Crippen molar-refractivity contribution in [2.45, 2.75) is 45.3 Å². The van der Waals surface area contributed by atoms with Crippen molar-refractivity contribution in [2.24, 2.45) is 13.0 Å². The molecular formula is C25H27N5O8. The van der Waals surface area contributed by atoms with E-state index in [1.807, 2.05) is 6.92 Å². The first-order valence-electron chi connectivity index (χ1n) is 11.9. The summed E-state index contributed by atoms with van der Waals surface area (Å²) < 4.78 is 22.8. The van der Waals surface area contributed by atoms with E-state index in [9.17, 15) is 19.7 Å². The number of hydrogen-bond donors (Lipinski definition) is 0. The molecule has 1 aliphatic carbocycles. The number of rotatable bonds is 8. The molecule has 2 heterocycles. The number of aromatic nitrogens is 4. The molecule has 1 fully saturated rings. The van der Waals surface area contributed by atoms with Crippen LogP contribution in [0.2, 0.25) is 0 Å². The van der Waals surface area contributed by atoms with Crippen LogP contribution in [-0.2, 0) is 27.9 Å². The van der Waals surface area contributed by atoms with Crippen LogP contribution < -0.4 is 9.47 Å². The minimum atomic E-state index is -0.989. The highest BCUT2D eigenvalue weighted by Crippen LogP contribution is 2.31. The minimum absolute atomic E-state index is 0.104. The summed E-state index contributed by atoms with van der Waals surface area (Å²) in [7, 11) is 3.05. The first-order chi connectivity index (χ1) is 18.2. The van der Waals surface area contributed by atoms with E-state index in [1.165, 1.54) is 36.1 Å². The zero-order chi connectivity index (χ0) is 27.2. The van der Waals surface area contributed by atoms with E-state index in [0.29, 0.717) is 34.9 Å². The molecule has 2 aromatic heterocycles. The SMILES string of the molecule is COC(=O)[C@@H]1CCC[C@H](Oc2ccc(-c3nnn(C)c3COC(=O)Oc3ccc([N+](=O)[O-])cc3)nc2C)C1. The summed E-state index contributed by atoms with van der Waals surface area (Å²) in [6.07, 6.45) is 2.01. The van der Waals surface area contributed by atoms with Crippen molar-refractivity contribution in [3.05, 3.63) is 57.9 Å². The van der Waals surface area contributed by atoms with E-state index in [0.717, 1.165) is 19.3 Å². The number of methoxy groups -OCH3 is 1. The fourth-order valence-electron chi connectivity index (χ4n) is 4.24. The molecule has 0 spiro atoms. The zero-order valence-electron chi connectivity index (χ0n) is 21.2. The maximum Gasteiger partial charge on any atom is 0.514 e. The Labute approximate surface area is 217 Å². The Kier molecular flexibility index (Phi) is 8.14. The summed E-state index contributed by atoms with van der Waals surface area (Å²) in [6.45, 7) is 1.62. The van der Waals surface area contributed by atoms with Crippen LogP contribution in [0.3, 0.4) is 0 Å². The van der Waals surface area contributed by atoms with Crippen molar-refractivity contribution in [3.8, 4) is 22.9 Å². The molecule has 2 atom stereocenters. The van der Waals surface area contributed by atoms with Crippen molar-refractivity contribution in [1.29, 1.82) is 0 Å². The van der Waals surface area contributed by atoms with Gasteiger partial charge in [-0.3, -0.25) is 14.9 Å². The molecule has 0 amide bonds. The van der Waals surface area contributed by atoms with Crippen LogP contribution in [0, 0.1) is 23.0 Å². The van der Waals surface area contributed by atoms with Crippen LogP contribution in [0.1, 0.15) is 37.1 Å². The Morgan fingerprint density at radius 3 is 2.61 bits per heavy atom. The quantitative estimate of drug-likeness (QED) is 0.182. The van der Waals surface area contributed by atoms with Gasteiger partial charge in [0.05, 0.1) is 35.4 Å². The van der Waals surface area contributed by atoms with Gasteiger partial charge in [-0.2, -0.15) is 0 Å². The molecule has 4 rings (SSSR count). The molecule has 1 aliphatic rings. The Morgan fingerprint density at radius 1 is 1.16 bits per heavy atom. The summed E-state index contributed by atoms with van der Waals surface area (Å²) in [6, 6.07) is 8.58. The molecule has 0 N–H and O–H groups in total. The van der Waals surface area contributed by atoms with Crippen molar-refractivity contribution in [1.82, 2.24) is 20.0 Å². The molecule has 3 aromatic rings. The molecule has 38 heavy (non-hydrogen) atoms. The van der Waals surface area contributed by atoms with Gasteiger partial charge in [-0.15, -0.1) is 5.10 Å². The normalized spacial score (nSPS) is 16.9. The topological polar surface area (TPSA) is 158 Å². The number of esters is 1. The third-order valence-corrected chi connectivity index (χ3v) is 6.25. The lowest BCUT2D eigenvalue weighted by molar-refractivity contribution is -0.384. The van der Waals surface area contributed by atoms with Gasteiger partial charge in [0.2, 0.25) is 0 Å². The maximum absolute atomic E-state index is 12.2. The summed E-state index contributed by atoms with van der Waals surface area (Å²) in [5.41, 5.74) is 1.94. The standard InChI is InChI=1S/C25H27N5O8/c1-15-22(37-19-6-4-5-16(13-19)24(31)35-3)12-11-20(26-15)23-21(29(2)28-27-23)14-36-25(32)38-18-9-7-17(8-10-18)30(33)34/h7-12,16,19H,4-6,13-14H2,1-3H3/t16-,19+/m1/s1. The average molecular weight is 526 g/mol. The number of non-ortho nitro benzene ring substituents is 1. The van der Waals surface area contributed by atoms with Crippen LogP contribution in [0.4, 0.5) is 10.5 Å². The molecule has 13 nitrogen and oxygen atoms in total. The maximum atomic E-state index is 12.2. The number of nitro benzene ring substituents is 1. The van der Waals surface area contributed by atoms with E-state index in [2.05, 4.69) is 15.3 Å². The molecule has 0 aliphatic heterocycles. The largest absolute Gasteiger partial charge is 0.514 e. The Balaban J connectivity index is 1.40. The van der Waals surface area contributed by atoms with E-state index < -0.39 is 11.1 Å². The molecule has 0 unspecified atom stereocenters. The fourth-order valence-corrected chi connectivity index (χ4v) is 4.24. The van der Waals surface area contributed by atoms with Gasteiger partial charge in [-0.05, 0) is 56.9 Å². The van der Waals surface area contributed by atoms with Gasteiger partial charge in [0, 0.05) is 19.2 Å². The van der Waals surface area contributed by atoms with Crippen molar-refractivity contribution in [2.75, 3.05) is 7.11 Å². The van der Waals surface area contributed by atoms with Gasteiger partial charge in [-0.1, -0.05) is 5.21 Å². The predicted octanol–water partition coefficient (Wildman–Crippen LogP) is 3.92. The number of ether oxygens (including phenoxy) is 4. The van der Waals surface area contributed by atoms with Gasteiger partial charge >= 0.3 is 12.1 Å². The molecular weight excluding hydrogens is 498 g/mol. The van der Waals surface area contributed by atoms with Gasteiger partial charge < -0.3 is 18.9 Å². The third kappa shape index (κ3) is 6.22. The number of carbonyl (C=O) groups excluding carboxylic acids is 2. The first kappa shape index (κ1) is 26.5. The van der Waals surface area contributed by atoms with E-state index in [1.54, 1.807) is 19.2 Å². The monoisotopic (exact) mass is 525 g/mol. The van der Waals surface area contributed by atoms with E-state index in [-0.39, 0.29) is 36.0 Å². The van der Waals surface area contributed by atoms with Crippen LogP contribution in [-0.4, -0.2) is 50.2 Å². The highest BCUT2D eigenvalue weighted by Gasteiger charge is 2.29. The lowest BCUT2D eigenvalue weighted by Crippen LogP contribution is -2.30. The second-order valence-corrected chi connectivity index (χ2v) is 8.81. The summed E-state index contributed by atoms with van der Waals surface area (Å²) >= 11 is 0. The highest BCUT2D eigenvalue weighted by atomic mass is 16.7. The Morgan fingerprint density at radius 2 is 1.92 bits per heavy atom. The Hall–Kier alpha value is -4.55. The predicted molar refractivity (Wildman–Crippen MR) is 131 cm³/mol. The number of pyridine rings is 1. The number of nitrogens with zero attached hydrogens (tertiary/aromatic N) is 5. The van der Waals surface area contributed by atoms with Crippen molar-refractivity contribution in [3.63, 3.8) is 0 Å². The van der Waals surface area contributed by atoms with Crippen LogP contribution in [0.15, 0.2) is 36.4 Å². The lowest BCUT2D eigenvalue weighted by Gasteiger charge is -2.28. The molecule has 0 saturated heterocycles. The molecule has 13 heteroatoms. The molecule has 0 bridgehead atoms. The second-order valence-electron chi connectivity index (χ2n) is 8.81. The van der Waals surface area contributed by atoms with Crippen LogP contribution in [0.5, 0.6) is 11.5 Å². The zero-order valence-corrected chi connectivity index (χ0v) is 21.2. The Bertz CT molecular complexity index is 1320. The smallest absolute Gasteiger partial charge is 0.489 e. The van der Waals surface area contributed by atoms with Crippen molar-refractivity contribution < 1.29 is 33.5 Å². The van der Waals surface area contributed by atoms with Gasteiger partial charge in [0.25, 0.3) is 5.69 Å². The van der Waals surface area contributed by atoms with Crippen LogP contribution in [0.25, 0.3) is 11.4 Å². The van der Waals surface area contributed by atoms with E-state index in [4.69, 9.17) is 18.9 Å². The highest BCUT2D eigenvalue weighted by molar-refractivity contribution is 5.72. The van der Waals surface area contributed by atoms with Gasteiger partial charge in [-0.25, -0.2) is 14.5 Å². The molecule has 200 valence electrons. The first-order valence-corrected chi connectivity index (χ1v) is 11.9.